The van der Waals surface area contributed by atoms with Crippen molar-refractivity contribution in [3.05, 3.63) is 65.7 Å². The number of likely N-dealkylation sites (tertiary alicyclic amines) is 1. The number of hydrogen-bond donors (Lipinski definition) is 1. The number of amides is 2. The SMILES string of the molecule is O=C1C[C@@H]([NH+]2CCC(Cc3ccccc3)CC2)C(=O)N1c1ccc(C(F)(F)F)cc1. The van der Waals surface area contributed by atoms with Gasteiger partial charge in [0.2, 0.25) is 5.91 Å². The zero-order valence-electron chi connectivity index (χ0n) is 16.5. The summed E-state index contributed by atoms with van der Waals surface area (Å²) in [5.74, 6) is -0.0886. The van der Waals surface area contributed by atoms with Gasteiger partial charge in [0.1, 0.15) is 0 Å². The standard InChI is InChI=1S/C23H23F3N2O2/c24-23(25,26)18-6-8-19(9-7-18)28-21(29)15-20(22(28)30)27-12-10-17(11-13-27)14-16-4-2-1-3-5-16/h1-9,17,20H,10-15H2/p+1/t20-/m1/s1. The molecule has 0 aromatic heterocycles. The normalized spacial score (nSPS) is 25.0. The molecular weight excluding hydrogens is 393 g/mol. The summed E-state index contributed by atoms with van der Waals surface area (Å²) in [5.41, 5.74) is 0.721. The third kappa shape index (κ3) is 4.26. The minimum atomic E-state index is -4.45. The molecule has 2 heterocycles. The lowest BCUT2D eigenvalue weighted by Crippen LogP contribution is -3.17. The Morgan fingerprint density at radius 3 is 2.17 bits per heavy atom. The molecule has 2 fully saturated rings. The molecule has 2 aliphatic heterocycles. The molecule has 0 bridgehead atoms. The molecule has 4 rings (SSSR count). The highest BCUT2D eigenvalue weighted by molar-refractivity contribution is 6.21. The van der Waals surface area contributed by atoms with Crippen molar-refractivity contribution in [2.75, 3.05) is 18.0 Å². The zero-order chi connectivity index (χ0) is 21.3. The van der Waals surface area contributed by atoms with Crippen LogP contribution in [0.4, 0.5) is 18.9 Å². The zero-order valence-corrected chi connectivity index (χ0v) is 16.5. The molecule has 7 heteroatoms. The average molecular weight is 417 g/mol. The van der Waals surface area contributed by atoms with E-state index in [9.17, 15) is 22.8 Å². The predicted octanol–water partition coefficient (Wildman–Crippen LogP) is 2.87. The van der Waals surface area contributed by atoms with Crippen molar-refractivity contribution < 1.29 is 27.7 Å². The Morgan fingerprint density at radius 2 is 1.57 bits per heavy atom. The van der Waals surface area contributed by atoms with E-state index in [1.165, 1.54) is 17.7 Å². The molecule has 4 nitrogen and oxygen atoms in total. The predicted molar refractivity (Wildman–Crippen MR) is 106 cm³/mol. The Morgan fingerprint density at radius 1 is 0.933 bits per heavy atom. The van der Waals surface area contributed by atoms with E-state index in [0.29, 0.717) is 5.92 Å². The molecule has 1 N–H and O–H groups in total. The second-order valence-corrected chi connectivity index (χ2v) is 8.16. The first-order valence-corrected chi connectivity index (χ1v) is 10.3. The number of carbonyl (C=O) groups is 2. The first-order chi connectivity index (χ1) is 14.3. The van der Waals surface area contributed by atoms with E-state index in [4.69, 9.17) is 0 Å². The third-order valence-corrected chi connectivity index (χ3v) is 6.21. The van der Waals surface area contributed by atoms with Gasteiger partial charge in [0.25, 0.3) is 5.91 Å². The van der Waals surface area contributed by atoms with E-state index in [0.717, 1.165) is 54.3 Å². The minimum Gasteiger partial charge on any atom is -0.324 e. The Kier molecular flexibility index (Phi) is 5.64. The fraction of sp³-hybridized carbons (Fsp3) is 0.391. The molecule has 2 saturated heterocycles. The van der Waals surface area contributed by atoms with E-state index < -0.39 is 17.8 Å². The molecule has 30 heavy (non-hydrogen) atoms. The fourth-order valence-corrected chi connectivity index (χ4v) is 4.57. The van der Waals surface area contributed by atoms with Crippen LogP contribution < -0.4 is 9.80 Å². The molecule has 0 aliphatic carbocycles. The van der Waals surface area contributed by atoms with Crippen LogP contribution in [0.2, 0.25) is 0 Å². The topological polar surface area (TPSA) is 41.8 Å². The number of alkyl halides is 3. The Balaban J connectivity index is 1.38. The maximum Gasteiger partial charge on any atom is 0.416 e. The molecule has 158 valence electrons. The lowest BCUT2D eigenvalue weighted by atomic mass is 9.89. The Hall–Kier alpha value is -2.67. The quantitative estimate of drug-likeness (QED) is 0.778. The van der Waals surface area contributed by atoms with E-state index in [1.54, 1.807) is 0 Å². The summed E-state index contributed by atoms with van der Waals surface area (Å²) < 4.78 is 38.3. The maximum absolute atomic E-state index is 12.9. The van der Waals surface area contributed by atoms with Gasteiger partial charge in [-0.3, -0.25) is 9.59 Å². The monoisotopic (exact) mass is 417 g/mol. The largest absolute Gasteiger partial charge is 0.416 e. The Bertz CT molecular complexity index is 904. The number of piperidine rings is 1. The van der Waals surface area contributed by atoms with Crippen LogP contribution in [0.25, 0.3) is 0 Å². The molecule has 2 amide bonds. The molecule has 2 aromatic rings. The highest BCUT2D eigenvalue weighted by Gasteiger charge is 2.46. The lowest BCUT2D eigenvalue weighted by molar-refractivity contribution is -0.920. The summed E-state index contributed by atoms with van der Waals surface area (Å²) >= 11 is 0. The van der Waals surface area contributed by atoms with Gasteiger partial charge in [-0.15, -0.1) is 0 Å². The van der Waals surface area contributed by atoms with E-state index in [2.05, 4.69) is 12.1 Å². The van der Waals surface area contributed by atoms with Crippen molar-refractivity contribution >= 4 is 17.5 Å². The van der Waals surface area contributed by atoms with Gasteiger partial charge in [-0.1, -0.05) is 30.3 Å². The number of nitrogens with one attached hydrogen (secondary N) is 1. The van der Waals surface area contributed by atoms with Crippen molar-refractivity contribution in [2.24, 2.45) is 5.92 Å². The molecule has 0 unspecified atom stereocenters. The number of nitrogens with zero attached hydrogens (tertiary/aromatic N) is 1. The smallest absolute Gasteiger partial charge is 0.324 e. The van der Waals surface area contributed by atoms with Crippen molar-refractivity contribution in [1.82, 2.24) is 0 Å². The van der Waals surface area contributed by atoms with Crippen molar-refractivity contribution in [2.45, 2.75) is 37.9 Å². The van der Waals surface area contributed by atoms with Gasteiger partial charge >= 0.3 is 6.18 Å². The summed E-state index contributed by atoms with van der Waals surface area (Å²) in [4.78, 5) is 27.6. The first kappa shape index (κ1) is 20.6. The van der Waals surface area contributed by atoms with Gasteiger partial charge in [0.15, 0.2) is 6.04 Å². The molecule has 0 radical (unpaired) electrons. The van der Waals surface area contributed by atoms with Crippen LogP contribution in [-0.2, 0) is 22.2 Å². The molecule has 2 aromatic carbocycles. The van der Waals surface area contributed by atoms with Crippen LogP contribution in [0.15, 0.2) is 54.6 Å². The van der Waals surface area contributed by atoms with Crippen molar-refractivity contribution in [3.8, 4) is 0 Å². The third-order valence-electron chi connectivity index (χ3n) is 6.21. The van der Waals surface area contributed by atoms with Gasteiger partial charge in [0, 0.05) is 0 Å². The number of quaternary nitrogens is 1. The summed E-state index contributed by atoms with van der Waals surface area (Å²) in [6, 6.07) is 14.1. The number of benzene rings is 2. The van der Waals surface area contributed by atoms with Crippen LogP contribution in [0.5, 0.6) is 0 Å². The van der Waals surface area contributed by atoms with E-state index >= 15 is 0 Å². The summed E-state index contributed by atoms with van der Waals surface area (Å²) in [7, 11) is 0. The summed E-state index contributed by atoms with van der Waals surface area (Å²) in [6.45, 7) is 1.64. The van der Waals surface area contributed by atoms with Crippen LogP contribution >= 0.6 is 0 Å². The maximum atomic E-state index is 12.9. The molecule has 0 spiro atoms. The number of hydrogen-bond acceptors (Lipinski definition) is 2. The molecule has 1 atom stereocenters. The van der Waals surface area contributed by atoms with Gasteiger partial charge < -0.3 is 4.90 Å². The van der Waals surface area contributed by atoms with Crippen molar-refractivity contribution in [1.29, 1.82) is 0 Å². The van der Waals surface area contributed by atoms with E-state index in [1.807, 2.05) is 18.2 Å². The summed E-state index contributed by atoms with van der Waals surface area (Å²) in [5, 5.41) is 0. The minimum absolute atomic E-state index is 0.110. The van der Waals surface area contributed by atoms with Gasteiger partial charge in [-0.25, -0.2) is 4.90 Å². The van der Waals surface area contributed by atoms with E-state index in [-0.39, 0.29) is 23.9 Å². The number of anilines is 1. The van der Waals surface area contributed by atoms with Crippen LogP contribution in [0, 0.1) is 5.92 Å². The second-order valence-electron chi connectivity index (χ2n) is 8.16. The van der Waals surface area contributed by atoms with Crippen LogP contribution in [0.3, 0.4) is 0 Å². The fourth-order valence-electron chi connectivity index (χ4n) is 4.57. The number of rotatable bonds is 4. The number of carbonyl (C=O) groups excluding carboxylic acids is 2. The highest BCUT2D eigenvalue weighted by Crippen LogP contribution is 2.31. The van der Waals surface area contributed by atoms with Crippen LogP contribution in [-0.4, -0.2) is 30.9 Å². The number of halogens is 3. The lowest BCUT2D eigenvalue weighted by Gasteiger charge is -2.32. The Labute approximate surface area is 173 Å². The van der Waals surface area contributed by atoms with Crippen molar-refractivity contribution in [3.63, 3.8) is 0 Å². The average Bonchev–Trinajstić information content (AvgIpc) is 3.03. The van der Waals surface area contributed by atoms with Gasteiger partial charge in [-0.05, 0) is 55.0 Å². The van der Waals surface area contributed by atoms with Gasteiger partial charge in [0.05, 0.1) is 30.8 Å². The van der Waals surface area contributed by atoms with Crippen LogP contribution in [0.1, 0.15) is 30.4 Å². The second kappa shape index (κ2) is 8.22. The first-order valence-electron chi connectivity index (χ1n) is 10.3. The summed E-state index contributed by atoms with van der Waals surface area (Å²) in [6.07, 6.45) is -1.35. The molecule has 2 aliphatic rings. The molecule has 0 saturated carbocycles. The van der Waals surface area contributed by atoms with Gasteiger partial charge in [-0.2, -0.15) is 13.2 Å². The highest BCUT2D eigenvalue weighted by atomic mass is 19.4. The number of imide groups is 1. The molecular formula is C23H24F3N2O2+.